The molecule has 2 aromatic heterocycles. The Morgan fingerprint density at radius 3 is 2.67 bits per heavy atom. The summed E-state index contributed by atoms with van der Waals surface area (Å²) in [7, 11) is 1.82. The number of carbonyl (C=O) groups is 1. The molecule has 0 saturated carbocycles. The number of aromatic nitrogens is 3. The summed E-state index contributed by atoms with van der Waals surface area (Å²) in [4.78, 5) is 20.6. The van der Waals surface area contributed by atoms with Crippen LogP contribution < -0.4 is 0 Å². The highest BCUT2D eigenvalue weighted by Gasteiger charge is 2.19. The molecule has 0 atom stereocenters. The molecule has 0 amide bonds. The minimum atomic E-state index is 0.0114. The van der Waals surface area contributed by atoms with Crippen molar-refractivity contribution >= 4 is 17.1 Å². The molecule has 0 spiro atoms. The summed E-state index contributed by atoms with van der Waals surface area (Å²) in [5, 5.41) is 2.88. The van der Waals surface area contributed by atoms with Gasteiger partial charge in [-0.3, -0.25) is 4.79 Å². The van der Waals surface area contributed by atoms with Crippen LogP contribution in [0.1, 0.15) is 42.1 Å². The van der Waals surface area contributed by atoms with Crippen molar-refractivity contribution in [3.63, 3.8) is 0 Å². The molecule has 0 aliphatic rings. The molecule has 2 rings (SSSR count). The highest BCUT2D eigenvalue weighted by Crippen LogP contribution is 2.24. The van der Waals surface area contributed by atoms with E-state index in [9.17, 15) is 4.79 Å². The van der Waals surface area contributed by atoms with Crippen LogP contribution in [0.4, 0.5) is 0 Å². The van der Waals surface area contributed by atoms with Crippen LogP contribution in [0.3, 0.4) is 0 Å². The minimum absolute atomic E-state index is 0.0114. The summed E-state index contributed by atoms with van der Waals surface area (Å²) in [6.45, 7) is 6.35. The Bertz CT molecular complexity index is 563. The van der Waals surface area contributed by atoms with E-state index >= 15 is 0 Å². The quantitative estimate of drug-likeness (QED) is 0.800. The molecule has 0 unspecified atom stereocenters. The van der Waals surface area contributed by atoms with E-state index in [1.165, 1.54) is 11.3 Å². The number of ketones is 1. The van der Waals surface area contributed by atoms with Gasteiger partial charge < -0.3 is 4.57 Å². The Morgan fingerprint density at radius 2 is 2.17 bits per heavy atom. The molecule has 96 valence electrons. The van der Waals surface area contributed by atoms with Gasteiger partial charge in [-0.25, -0.2) is 9.97 Å². The molecule has 2 aromatic rings. The number of imidazole rings is 1. The van der Waals surface area contributed by atoms with Crippen LogP contribution in [0.5, 0.6) is 0 Å². The summed E-state index contributed by atoms with van der Waals surface area (Å²) < 4.78 is 1.74. The molecular weight excluding hydrogens is 246 g/mol. The average Bonchev–Trinajstić information content (AvgIpc) is 2.85. The molecule has 0 fully saturated rings. The highest BCUT2D eigenvalue weighted by atomic mass is 32.1. The van der Waals surface area contributed by atoms with Gasteiger partial charge in [0.25, 0.3) is 0 Å². The predicted molar refractivity (Wildman–Crippen MR) is 72.1 cm³/mol. The van der Waals surface area contributed by atoms with Gasteiger partial charge in [0.05, 0.1) is 12.1 Å². The van der Waals surface area contributed by atoms with Gasteiger partial charge in [-0.05, 0) is 0 Å². The maximum Gasteiger partial charge on any atom is 0.205 e. The molecule has 0 saturated heterocycles. The van der Waals surface area contributed by atoms with Crippen LogP contribution in [-0.4, -0.2) is 20.3 Å². The van der Waals surface area contributed by atoms with Gasteiger partial charge in [0.2, 0.25) is 5.78 Å². The van der Waals surface area contributed by atoms with E-state index < -0.39 is 0 Å². The summed E-state index contributed by atoms with van der Waals surface area (Å²) in [6, 6.07) is 0. The minimum Gasteiger partial charge on any atom is -0.332 e. The fourth-order valence-corrected chi connectivity index (χ4v) is 2.61. The molecular formula is C13H17N3OS. The van der Waals surface area contributed by atoms with Crippen LogP contribution >= 0.6 is 11.3 Å². The third-order valence-corrected chi connectivity index (χ3v) is 3.55. The molecule has 2 heterocycles. The van der Waals surface area contributed by atoms with Crippen LogP contribution in [0.2, 0.25) is 0 Å². The van der Waals surface area contributed by atoms with E-state index in [4.69, 9.17) is 0 Å². The molecule has 0 aliphatic carbocycles. The molecule has 0 N–H and O–H groups in total. The Labute approximate surface area is 111 Å². The number of hydrogen-bond donors (Lipinski definition) is 0. The van der Waals surface area contributed by atoms with Crippen LogP contribution in [0.25, 0.3) is 0 Å². The van der Waals surface area contributed by atoms with Gasteiger partial charge in [-0.1, -0.05) is 20.8 Å². The van der Waals surface area contributed by atoms with E-state index in [-0.39, 0.29) is 11.2 Å². The van der Waals surface area contributed by atoms with Crippen molar-refractivity contribution in [2.45, 2.75) is 32.6 Å². The zero-order chi connectivity index (χ0) is 13.3. The lowest BCUT2D eigenvalue weighted by Crippen LogP contribution is -2.13. The molecule has 0 radical (unpaired) electrons. The van der Waals surface area contributed by atoms with Crippen molar-refractivity contribution in [3.8, 4) is 0 Å². The zero-order valence-corrected chi connectivity index (χ0v) is 11.9. The summed E-state index contributed by atoms with van der Waals surface area (Å²) in [6.07, 6.45) is 3.73. The second-order valence-corrected chi connectivity index (χ2v) is 6.28. The SMILES string of the molecule is Cn1ccnc1C(=O)Cc1nc(C(C)(C)C)cs1. The molecule has 0 aromatic carbocycles. The van der Waals surface area contributed by atoms with Gasteiger partial charge in [0.1, 0.15) is 5.01 Å². The first-order chi connectivity index (χ1) is 8.38. The number of nitrogens with zero attached hydrogens (tertiary/aromatic N) is 3. The highest BCUT2D eigenvalue weighted by molar-refractivity contribution is 7.09. The van der Waals surface area contributed by atoms with E-state index in [1.807, 2.05) is 12.4 Å². The first-order valence-corrected chi connectivity index (χ1v) is 6.71. The number of hydrogen-bond acceptors (Lipinski definition) is 4. The second kappa shape index (κ2) is 4.65. The molecule has 0 bridgehead atoms. The normalized spacial score (nSPS) is 11.8. The number of Topliss-reactive ketones (excluding diaryl/α,β-unsaturated/α-hetero) is 1. The van der Waals surface area contributed by atoms with Crippen LogP contribution in [0.15, 0.2) is 17.8 Å². The lowest BCUT2D eigenvalue weighted by atomic mass is 9.93. The van der Waals surface area contributed by atoms with Crippen LogP contribution in [0, 0.1) is 0 Å². The third-order valence-electron chi connectivity index (χ3n) is 2.70. The van der Waals surface area contributed by atoms with Gasteiger partial charge in [-0.15, -0.1) is 11.3 Å². The second-order valence-electron chi connectivity index (χ2n) is 5.34. The third kappa shape index (κ3) is 2.67. The van der Waals surface area contributed by atoms with E-state index in [1.54, 1.807) is 17.0 Å². The zero-order valence-electron chi connectivity index (χ0n) is 11.1. The summed E-state index contributed by atoms with van der Waals surface area (Å²) >= 11 is 1.54. The molecule has 4 nitrogen and oxygen atoms in total. The van der Waals surface area contributed by atoms with Gasteiger partial charge >= 0.3 is 0 Å². The number of aryl methyl sites for hydroxylation is 1. The van der Waals surface area contributed by atoms with Crippen molar-refractivity contribution in [1.29, 1.82) is 0 Å². The topological polar surface area (TPSA) is 47.8 Å². The fraction of sp³-hybridized carbons (Fsp3) is 0.462. The predicted octanol–water partition coefficient (Wildman–Crippen LogP) is 2.60. The van der Waals surface area contributed by atoms with Crippen molar-refractivity contribution in [1.82, 2.24) is 14.5 Å². The smallest absolute Gasteiger partial charge is 0.205 e. The van der Waals surface area contributed by atoms with Gasteiger partial charge in [-0.2, -0.15) is 0 Å². The van der Waals surface area contributed by atoms with Crippen molar-refractivity contribution in [2.75, 3.05) is 0 Å². The first-order valence-electron chi connectivity index (χ1n) is 5.83. The van der Waals surface area contributed by atoms with E-state index in [2.05, 4.69) is 30.7 Å². The lowest BCUT2D eigenvalue weighted by molar-refractivity contribution is 0.0980. The molecule has 5 heteroatoms. The number of thiazole rings is 1. The van der Waals surface area contributed by atoms with E-state index in [0.29, 0.717) is 12.2 Å². The number of rotatable bonds is 3. The first kappa shape index (κ1) is 13.0. The van der Waals surface area contributed by atoms with Gasteiger partial charge in [0, 0.05) is 30.2 Å². The van der Waals surface area contributed by atoms with E-state index in [0.717, 1.165) is 10.7 Å². The van der Waals surface area contributed by atoms with Crippen molar-refractivity contribution in [3.05, 3.63) is 34.3 Å². The monoisotopic (exact) mass is 263 g/mol. The van der Waals surface area contributed by atoms with Crippen molar-refractivity contribution in [2.24, 2.45) is 7.05 Å². The largest absolute Gasteiger partial charge is 0.332 e. The number of carbonyl (C=O) groups excluding carboxylic acids is 1. The Hall–Kier alpha value is -1.49. The van der Waals surface area contributed by atoms with Crippen LogP contribution in [-0.2, 0) is 18.9 Å². The van der Waals surface area contributed by atoms with Crippen molar-refractivity contribution < 1.29 is 4.79 Å². The lowest BCUT2D eigenvalue weighted by Gasteiger charge is -2.14. The molecule has 18 heavy (non-hydrogen) atoms. The maximum absolute atomic E-state index is 12.0. The van der Waals surface area contributed by atoms with Gasteiger partial charge in [0.15, 0.2) is 5.82 Å². The summed E-state index contributed by atoms with van der Waals surface area (Å²) in [5.41, 5.74) is 1.07. The maximum atomic E-state index is 12.0. The Morgan fingerprint density at radius 1 is 1.44 bits per heavy atom. The molecule has 0 aliphatic heterocycles. The fourth-order valence-electron chi connectivity index (χ4n) is 1.59. The summed E-state index contributed by atoms with van der Waals surface area (Å²) in [5.74, 6) is 0.500. The standard InChI is InChI=1S/C13H17N3OS/c1-13(2,3)10-8-18-11(15-10)7-9(17)12-14-5-6-16(12)4/h5-6,8H,7H2,1-4H3. The average molecular weight is 263 g/mol. The Kier molecular flexibility index (Phi) is 3.34. The Balaban J connectivity index is 2.13.